The van der Waals surface area contributed by atoms with Gasteiger partial charge in [-0.3, -0.25) is 4.90 Å². The number of ether oxygens (including phenoxy) is 3. The second-order valence-electron chi connectivity index (χ2n) is 26.1. The monoisotopic (exact) mass is 1190 g/mol. The van der Waals surface area contributed by atoms with E-state index in [1.807, 2.05) is 67.8 Å². The van der Waals surface area contributed by atoms with Crippen LogP contribution in [0.4, 0.5) is 23.3 Å². The van der Waals surface area contributed by atoms with E-state index < -0.39 is 35.3 Å². The topological polar surface area (TPSA) is 185 Å². The van der Waals surface area contributed by atoms with Gasteiger partial charge in [-0.05, 0) is 180 Å². The van der Waals surface area contributed by atoms with Crippen LogP contribution in [0.25, 0.3) is 44.1 Å². The van der Waals surface area contributed by atoms with Crippen LogP contribution >= 0.6 is 0 Å². The highest BCUT2D eigenvalue weighted by Crippen LogP contribution is 2.51. The number of piperidine rings is 2. The molecule has 0 amide bonds. The zero-order valence-electron chi connectivity index (χ0n) is 54.0. The maximum absolute atomic E-state index is 13.4. The van der Waals surface area contributed by atoms with Gasteiger partial charge in [0.05, 0.1) is 47.3 Å². The Morgan fingerprint density at radius 2 is 0.989 bits per heavy atom. The molecule has 0 unspecified atom stereocenters. The molecule has 0 aliphatic carbocycles. The average Bonchev–Trinajstić information content (AvgIpc) is 1.44. The van der Waals surface area contributed by atoms with Gasteiger partial charge in [0.2, 0.25) is 11.9 Å². The molecule has 17 heteroatoms. The van der Waals surface area contributed by atoms with Gasteiger partial charge in [0, 0.05) is 102 Å². The van der Waals surface area contributed by atoms with E-state index in [0.29, 0.717) is 36.1 Å². The first-order chi connectivity index (χ1) is 42.0. The highest BCUT2D eigenvalue weighted by atomic mass is 16.6. The molecule has 0 bridgehead atoms. The number of benzene rings is 4. The molecule has 8 heterocycles. The molecule has 466 valence electrons. The van der Waals surface area contributed by atoms with Gasteiger partial charge in [-0.1, -0.05) is 72.5 Å². The fourth-order valence-electron chi connectivity index (χ4n) is 13.1. The summed E-state index contributed by atoms with van der Waals surface area (Å²) in [5.41, 5.74) is 16.2. The number of aliphatic hydroxyl groups is 1. The molecule has 2 fully saturated rings. The molecule has 4 aliphatic heterocycles. The number of carboxylic acid groups (broad SMARTS) is 1. The SMILES string of the molecule is C1CCNCC1.COC(=O)[C@@H](OC(C)(C)C)c1c(C)c2c3c(cc(C)n3CCN2c2ncc(CO)cn2)c1-c1ccc(C)cc1.Cc1ccc(-c2c([C@H](OC(C)(C)C)C(=O)O)c(C)c3c4c2cc(C)n4CCN3c2ncc(CN3CCCCC3)cn2)cc1. The third-order valence-electron chi connectivity index (χ3n) is 17.2. The van der Waals surface area contributed by atoms with Crippen molar-refractivity contribution in [1.82, 2.24) is 39.3 Å². The highest BCUT2D eigenvalue weighted by Gasteiger charge is 2.39. The van der Waals surface area contributed by atoms with Gasteiger partial charge in [0.15, 0.2) is 12.2 Å². The number of carbonyl (C=O) groups excluding carboxylic acids is 1. The van der Waals surface area contributed by atoms with Crippen molar-refractivity contribution in [3.63, 3.8) is 0 Å². The summed E-state index contributed by atoms with van der Waals surface area (Å²) < 4.78 is 22.8. The van der Waals surface area contributed by atoms with Gasteiger partial charge >= 0.3 is 11.9 Å². The molecule has 4 aliphatic rings. The second kappa shape index (κ2) is 26.7. The molecule has 0 spiro atoms. The van der Waals surface area contributed by atoms with Crippen LogP contribution in [0.2, 0.25) is 0 Å². The van der Waals surface area contributed by atoms with E-state index in [1.54, 1.807) is 12.4 Å². The molecule has 12 rings (SSSR count). The summed E-state index contributed by atoms with van der Waals surface area (Å²) >= 11 is 0. The molecule has 4 aromatic carbocycles. The van der Waals surface area contributed by atoms with E-state index in [9.17, 15) is 19.8 Å². The van der Waals surface area contributed by atoms with Gasteiger partial charge in [0.25, 0.3) is 0 Å². The molecule has 2 saturated heterocycles. The van der Waals surface area contributed by atoms with E-state index in [0.717, 1.165) is 133 Å². The van der Waals surface area contributed by atoms with Gasteiger partial charge < -0.3 is 48.7 Å². The zero-order valence-corrected chi connectivity index (χ0v) is 54.0. The Labute approximate surface area is 519 Å². The number of esters is 1. The predicted molar refractivity (Wildman–Crippen MR) is 350 cm³/mol. The van der Waals surface area contributed by atoms with Crippen molar-refractivity contribution in [1.29, 1.82) is 0 Å². The van der Waals surface area contributed by atoms with Crippen molar-refractivity contribution in [3.05, 3.63) is 141 Å². The highest BCUT2D eigenvalue weighted by molar-refractivity contribution is 6.10. The summed E-state index contributed by atoms with van der Waals surface area (Å²) in [6, 6.07) is 21.1. The smallest absolute Gasteiger partial charge is 0.339 e. The Morgan fingerprint density at radius 1 is 0.568 bits per heavy atom. The maximum atomic E-state index is 13.4. The number of likely N-dealkylation sites (tertiary alicyclic amines) is 1. The van der Waals surface area contributed by atoms with E-state index in [1.165, 1.54) is 58.7 Å². The summed E-state index contributed by atoms with van der Waals surface area (Å²) in [6.07, 6.45) is 13.1. The minimum absolute atomic E-state index is 0.119. The fraction of sp³-hybridized carbons (Fsp3) is 0.465. The lowest BCUT2D eigenvalue weighted by Crippen LogP contribution is -2.32. The van der Waals surface area contributed by atoms with E-state index >= 15 is 0 Å². The minimum atomic E-state index is -1.16. The molecule has 88 heavy (non-hydrogen) atoms. The van der Waals surface area contributed by atoms with Crippen molar-refractivity contribution in [2.24, 2.45) is 0 Å². The number of hydrogen-bond donors (Lipinski definition) is 3. The molecule has 4 aromatic heterocycles. The first kappa shape index (κ1) is 63.5. The number of aliphatic carboxylic acids is 1. The molecule has 8 aromatic rings. The van der Waals surface area contributed by atoms with Gasteiger partial charge in [-0.25, -0.2) is 29.5 Å². The van der Waals surface area contributed by atoms with Crippen LogP contribution in [0.5, 0.6) is 0 Å². The number of nitrogens with one attached hydrogen (secondary N) is 1. The van der Waals surface area contributed by atoms with Crippen LogP contribution in [0, 0.1) is 41.5 Å². The van der Waals surface area contributed by atoms with Crippen molar-refractivity contribution in [3.8, 4) is 22.3 Å². The first-order valence-electron chi connectivity index (χ1n) is 31.4. The standard InChI is InChI=1S/C35H43N5O3.C31H36N4O4.C5H11N/c1-22-10-12-26(13-11-22)29-27-18-23(2)39-16-17-40(34-36-19-25(20-37-34)21-38-14-8-7-9-15-38)30(31(27)39)24(3)28(29)32(33(41)42)43-35(4,5)6;1-18-8-10-22(11-9-18)25-23-14-19(2)34-12-13-35(30-32-15-21(17-36)16-33-30)26(27(23)34)20(3)24(25)28(29(37)38-7)39-31(4,5)6;1-2-4-6-5-3-1/h10-13,18-20,32H,7-9,14-17,21H2,1-6H3,(H,41,42);8-11,14-16,28,36H,12-13,17H2,1-7H3;6H,1-5H2/t32-;28-;/m00./s1. The molecule has 17 nitrogen and oxygen atoms in total. The van der Waals surface area contributed by atoms with E-state index in [2.05, 4.69) is 127 Å². The van der Waals surface area contributed by atoms with Crippen molar-refractivity contribution in [2.75, 3.05) is 56.2 Å². The number of aromatic nitrogens is 6. The normalized spacial score (nSPS) is 16.0. The third kappa shape index (κ3) is 13.5. The van der Waals surface area contributed by atoms with Gasteiger partial charge in [-0.2, -0.15) is 0 Å². The molecular weight excluding hydrogens is 1100 g/mol. The molecule has 2 atom stereocenters. The average molecular weight is 1200 g/mol. The van der Waals surface area contributed by atoms with Gasteiger partial charge in [0.1, 0.15) is 0 Å². The summed E-state index contributed by atoms with van der Waals surface area (Å²) in [4.78, 5) is 52.0. The number of anilines is 4. The van der Waals surface area contributed by atoms with Crippen LogP contribution in [0.3, 0.4) is 0 Å². The summed E-state index contributed by atoms with van der Waals surface area (Å²) in [5, 5.41) is 25.5. The summed E-state index contributed by atoms with van der Waals surface area (Å²) in [5.74, 6) is -0.276. The molecular formula is C71H90N10O7. The fourth-order valence-corrected chi connectivity index (χ4v) is 13.1. The van der Waals surface area contributed by atoms with Crippen LogP contribution in [0.15, 0.2) is 85.5 Å². The Balaban J connectivity index is 0.000000178. The van der Waals surface area contributed by atoms with E-state index in [-0.39, 0.29) is 6.61 Å². The summed E-state index contributed by atoms with van der Waals surface area (Å²) in [6.45, 7) is 32.3. The lowest BCUT2D eigenvalue weighted by Gasteiger charge is -2.35. The Morgan fingerprint density at radius 3 is 1.38 bits per heavy atom. The van der Waals surface area contributed by atoms with Crippen LogP contribution < -0.4 is 15.1 Å². The number of aliphatic hydroxyl groups excluding tert-OH is 1. The molecule has 0 radical (unpaired) electrons. The second-order valence-corrected chi connectivity index (χ2v) is 26.1. The number of nitrogens with zero attached hydrogens (tertiary/aromatic N) is 9. The number of rotatable bonds is 13. The quantitative estimate of drug-likeness (QED) is 0.0925. The number of aryl methyl sites for hydroxylation is 4. The number of carboxylic acids is 1. The maximum Gasteiger partial charge on any atom is 0.339 e. The van der Waals surface area contributed by atoms with Crippen LogP contribution in [0.1, 0.15) is 148 Å². The lowest BCUT2D eigenvalue weighted by atomic mass is 9.87. The van der Waals surface area contributed by atoms with Crippen molar-refractivity contribution < 1.29 is 34.0 Å². The number of carbonyl (C=O) groups is 2. The number of hydrogen-bond acceptors (Lipinski definition) is 14. The number of methoxy groups -OCH3 is 1. The lowest BCUT2D eigenvalue weighted by molar-refractivity contribution is -0.164. The van der Waals surface area contributed by atoms with Crippen LogP contribution in [-0.2, 0) is 50.0 Å². The van der Waals surface area contributed by atoms with Crippen molar-refractivity contribution in [2.45, 2.75) is 171 Å². The third-order valence-corrected chi connectivity index (χ3v) is 17.2. The molecule has 0 saturated carbocycles. The largest absolute Gasteiger partial charge is 0.479 e. The zero-order chi connectivity index (χ0) is 62.8. The summed E-state index contributed by atoms with van der Waals surface area (Å²) in [7, 11) is 1.40. The first-order valence-corrected chi connectivity index (χ1v) is 31.4. The van der Waals surface area contributed by atoms with Crippen LogP contribution in [-0.4, -0.2) is 114 Å². The Kier molecular flexibility index (Phi) is 19.2. The Hall–Kier alpha value is -7.54. The van der Waals surface area contributed by atoms with Gasteiger partial charge in [-0.15, -0.1) is 0 Å². The van der Waals surface area contributed by atoms with Crippen molar-refractivity contribution >= 4 is 57.0 Å². The minimum Gasteiger partial charge on any atom is -0.479 e. The molecule has 3 N–H and O–H groups in total. The predicted octanol–water partition coefficient (Wildman–Crippen LogP) is 13.6. The Bertz CT molecular complexity index is 3760. The van der Waals surface area contributed by atoms with E-state index in [4.69, 9.17) is 24.2 Å².